The van der Waals surface area contributed by atoms with Gasteiger partial charge in [0.25, 0.3) is 0 Å². The van der Waals surface area contributed by atoms with Crippen molar-refractivity contribution >= 4 is 38.6 Å². The van der Waals surface area contributed by atoms with Crippen LogP contribution in [-0.4, -0.2) is 15.4 Å². The number of benzene rings is 1. The zero-order valence-electron chi connectivity index (χ0n) is 12.7. The number of nitrogens with zero attached hydrogens (tertiary/aromatic N) is 2. The average molecular weight is 376 g/mol. The fourth-order valence-corrected chi connectivity index (χ4v) is 3.54. The number of imidazole rings is 1. The first-order chi connectivity index (χ1) is 10.0. The molecule has 1 atom stereocenters. The molecule has 2 rings (SSSR count). The van der Waals surface area contributed by atoms with E-state index in [-0.39, 0.29) is 11.9 Å². The number of alkyl halides is 1. The highest BCUT2D eigenvalue weighted by Gasteiger charge is 2.22. The molecule has 0 spiro atoms. The highest BCUT2D eigenvalue weighted by molar-refractivity contribution is 9.10. The van der Waals surface area contributed by atoms with E-state index in [0.717, 1.165) is 29.7 Å². The van der Waals surface area contributed by atoms with Crippen molar-refractivity contribution in [2.24, 2.45) is 5.92 Å². The van der Waals surface area contributed by atoms with Gasteiger partial charge in [0.2, 0.25) is 0 Å². The number of hydrogen-bond donors (Lipinski definition) is 0. The van der Waals surface area contributed by atoms with Crippen LogP contribution in [0, 0.1) is 11.7 Å². The van der Waals surface area contributed by atoms with Crippen LogP contribution >= 0.6 is 27.5 Å². The molecule has 116 valence electrons. The Labute approximate surface area is 138 Å². The summed E-state index contributed by atoms with van der Waals surface area (Å²) in [4.78, 5) is 4.66. The SMILES string of the molecule is CCC(CC)C(C)n1c(CCCl)nc2cc(Br)c(F)cc21. The Hall–Kier alpha value is -0.610. The lowest BCUT2D eigenvalue weighted by Gasteiger charge is -2.25. The van der Waals surface area contributed by atoms with Gasteiger partial charge in [-0.1, -0.05) is 26.7 Å². The van der Waals surface area contributed by atoms with Crippen LogP contribution in [0.3, 0.4) is 0 Å². The molecule has 0 saturated carbocycles. The quantitative estimate of drug-likeness (QED) is 0.591. The van der Waals surface area contributed by atoms with E-state index in [4.69, 9.17) is 11.6 Å². The van der Waals surface area contributed by atoms with Crippen LogP contribution in [-0.2, 0) is 6.42 Å². The molecule has 0 aliphatic carbocycles. The molecule has 0 saturated heterocycles. The van der Waals surface area contributed by atoms with Gasteiger partial charge in [-0.25, -0.2) is 9.37 Å². The number of aryl methyl sites for hydroxylation is 1. The average Bonchev–Trinajstić information content (AvgIpc) is 2.78. The first-order valence-corrected chi connectivity index (χ1v) is 8.78. The van der Waals surface area contributed by atoms with Crippen molar-refractivity contribution in [3.63, 3.8) is 0 Å². The second kappa shape index (κ2) is 7.10. The van der Waals surface area contributed by atoms with Crippen LogP contribution in [0.5, 0.6) is 0 Å². The van der Waals surface area contributed by atoms with Gasteiger partial charge in [0.1, 0.15) is 11.6 Å². The van der Waals surface area contributed by atoms with Crippen LogP contribution < -0.4 is 0 Å². The van der Waals surface area contributed by atoms with Gasteiger partial charge in [-0.3, -0.25) is 0 Å². The Morgan fingerprint density at radius 3 is 2.57 bits per heavy atom. The molecule has 0 N–H and O–H groups in total. The molecule has 1 aromatic carbocycles. The number of halogens is 3. The number of aromatic nitrogens is 2. The Balaban J connectivity index is 2.62. The van der Waals surface area contributed by atoms with Crippen LogP contribution in [0.4, 0.5) is 4.39 Å². The smallest absolute Gasteiger partial charge is 0.139 e. The van der Waals surface area contributed by atoms with Crippen LogP contribution in [0.25, 0.3) is 11.0 Å². The van der Waals surface area contributed by atoms with E-state index in [2.05, 4.69) is 46.3 Å². The summed E-state index contributed by atoms with van der Waals surface area (Å²) in [5, 5.41) is 0. The first-order valence-electron chi connectivity index (χ1n) is 7.45. The van der Waals surface area contributed by atoms with Crippen molar-refractivity contribution in [1.29, 1.82) is 0 Å². The largest absolute Gasteiger partial charge is 0.325 e. The van der Waals surface area contributed by atoms with Crippen LogP contribution in [0.2, 0.25) is 0 Å². The number of fused-ring (bicyclic) bond motifs is 1. The third-order valence-corrected chi connectivity index (χ3v) is 5.06. The maximum atomic E-state index is 13.9. The van der Waals surface area contributed by atoms with E-state index in [1.54, 1.807) is 12.1 Å². The molecular formula is C16H21BrClFN2. The van der Waals surface area contributed by atoms with Crippen molar-refractivity contribution in [2.75, 3.05) is 5.88 Å². The van der Waals surface area contributed by atoms with Gasteiger partial charge < -0.3 is 4.57 Å². The zero-order valence-corrected chi connectivity index (χ0v) is 15.0. The topological polar surface area (TPSA) is 17.8 Å². The van der Waals surface area contributed by atoms with Gasteiger partial charge in [0.05, 0.1) is 15.5 Å². The predicted octanol–water partition coefficient (Wildman–Crippen LogP) is 5.72. The summed E-state index contributed by atoms with van der Waals surface area (Å²) in [7, 11) is 0. The molecule has 1 aromatic heterocycles. The highest BCUT2D eigenvalue weighted by Crippen LogP contribution is 2.32. The minimum Gasteiger partial charge on any atom is -0.325 e. The minimum atomic E-state index is -0.252. The number of hydrogen-bond acceptors (Lipinski definition) is 1. The first kappa shape index (κ1) is 16.8. The molecule has 0 radical (unpaired) electrons. The highest BCUT2D eigenvalue weighted by atomic mass is 79.9. The molecule has 5 heteroatoms. The van der Waals surface area contributed by atoms with Gasteiger partial charge in [0.15, 0.2) is 0 Å². The Morgan fingerprint density at radius 1 is 1.33 bits per heavy atom. The molecule has 0 aliphatic rings. The lowest BCUT2D eigenvalue weighted by molar-refractivity contribution is 0.333. The fourth-order valence-electron chi connectivity index (χ4n) is 3.04. The van der Waals surface area contributed by atoms with Gasteiger partial charge in [0, 0.05) is 24.4 Å². The summed E-state index contributed by atoms with van der Waals surface area (Å²) < 4.78 is 16.6. The van der Waals surface area contributed by atoms with Crippen molar-refractivity contribution in [2.45, 2.75) is 46.1 Å². The second-order valence-corrected chi connectivity index (χ2v) is 6.64. The molecular weight excluding hydrogens is 355 g/mol. The third-order valence-electron chi connectivity index (χ3n) is 4.26. The Morgan fingerprint density at radius 2 is 2.00 bits per heavy atom. The van der Waals surface area contributed by atoms with Crippen molar-refractivity contribution in [3.8, 4) is 0 Å². The molecule has 2 nitrogen and oxygen atoms in total. The molecule has 2 aromatic rings. The summed E-state index contributed by atoms with van der Waals surface area (Å²) in [6.07, 6.45) is 2.88. The van der Waals surface area contributed by atoms with E-state index in [1.165, 1.54) is 0 Å². The lowest BCUT2D eigenvalue weighted by Crippen LogP contribution is -2.18. The summed E-state index contributed by atoms with van der Waals surface area (Å²) in [5.41, 5.74) is 1.68. The van der Waals surface area contributed by atoms with Crippen molar-refractivity contribution in [1.82, 2.24) is 9.55 Å². The van der Waals surface area contributed by atoms with E-state index in [1.807, 2.05) is 0 Å². The van der Waals surface area contributed by atoms with Gasteiger partial charge in [-0.2, -0.15) is 0 Å². The molecule has 1 heterocycles. The summed E-state index contributed by atoms with van der Waals surface area (Å²) in [5.74, 6) is 1.75. The molecule has 0 aliphatic heterocycles. The van der Waals surface area contributed by atoms with Gasteiger partial charge in [-0.05, 0) is 34.8 Å². The normalized spacial score (nSPS) is 13.3. The molecule has 0 bridgehead atoms. The third kappa shape index (κ3) is 3.26. The summed E-state index contributed by atoms with van der Waals surface area (Å²) in [6, 6.07) is 3.60. The molecule has 21 heavy (non-hydrogen) atoms. The maximum absolute atomic E-state index is 13.9. The molecule has 0 fully saturated rings. The Bertz CT molecular complexity index is 622. The van der Waals surface area contributed by atoms with Crippen molar-refractivity contribution < 1.29 is 4.39 Å². The van der Waals surface area contributed by atoms with E-state index >= 15 is 0 Å². The Kier molecular flexibility index (Phi) is 5.67. The van der Waals surface area contributed by atoms with Gasteiger partial charge >= 0.3 is 0 Å². The van der Waals surface area contributed by atoms with Crippen LogP contribution in [0.15, 0.2) is 16.6 Å². The second-order valence-electron chi connectivity index (χ2n) is 5.41. The molecule has 1 unspecified atom stereocenters. The predicted molar refractivity (Wildman–Crippen MR) is 90.6 cm³/mol. The van der Waals surface area contributed by atoms with E-state index in [0.29, 0.717) is 22.7 Å². The molecule has 0 amide bonds. The minimum absolute atomic E-state index is 0.252. The zero-order chi connectivity index (χ0) is 15.6. The maximum Gasteiger partial charge on any atom is 0.139 e. The standard InChI is InChI=1S/C16H21BrClFN2/c1-4-11(5-2)10(3)21-15-9-13(19)12(17)8-14(15)20-16(21)6-7-18/h8-11H,4-7H2,1-3H3. The monoisotopic (exact) mass is 374 g/mol. The van der Waals surface area contributed by atoms with Crippen LogP contribution in [0.1, 0.15) is 45.5 Å². The summed E-state index contributed by atoms with van der Waals surface area (Å²) >= 11 is 9.15. The van der Waals surface area contributed by atoms with Gasteiger partial charge in [-0.15, -0.1) is 11.6 Å². The van der Waals surface area contributed by atoms with Crippen molar-refractivity contribution in [3.05, 3.63) is 28.2 Å². The van der Waals surface area contributed by atoms with E-state index in [9.17, 15) is 4.39 Å². The number of rotatable bonds is 6. The summed E-state index contributed by atoms with van der Waals surface area (Å²) in [6.45, 7) is 6.58. The fraction of sp³-hybridized carbons (Fsp3) is 0.562. The lowest BCUT2D eigenvalue weighted by atomic mass is 9.95. The van der Waals surface area contributed by atoms with E-state index < -0.39 is 0 Å².